The molecular formula is C21H16N2O3. The number of H-pyrrole nitrogens is 1. The van der Waals surface area contributed by atoms with E-state index in [0.717, 1.165) is 27.1 Å². The fourth-order valence-corrected chi connectivity index (χ4v) is 3.38. The van der Waals surface area contributed by atoms with Crippen molar-refractivity contribution in [2.24, 2.45) is 0 Å². The Morgan fingerprint density at radius 2 is 1.65 bits per heavy atom. The maximum Gasteiger partial charge on any atom is 0.345 e. The van der Waals surface area contributed by atoms with E-state index in [1.807, 2.05) is 48.5 Å². The molecule has 0 aliphatic heterocycles. The molecule has 0 saturated carbocycles. The molecule has 0 spiro atoms. The third kappa shape index (κ3) is 2.45. The van der Waals surface area contributed by atoms with E-state index in [1.54, 1.807) is 6.92 Å². The fourth-order valence-electron chi connectivity index (χ4n) is 3.38. The number of nitrogens with zero attached hydrogens (tertiary/aromatic N) is 1. The lowest BCUT2D eigenvalue weighted by atomic mass is 9.93. The lowest BCUT2D eigenvalue weighted by Gasteiger charge is -2.13. The number of hydrogen-bond acceptors (Lipinski definition) is 4. The second kappa shape index (κ2) is 6.11. The van der Waals surface area contributed by atoms with Crippen LogP contribution in [-0.4, -0.2) is 23.0 Å². The summed E-state index contributed by atoms with van der Waals surface area (Å²) in [5.74, 6) is -0.529. The first-order valence-corrected chi connectivity index (χ1v) is 8.20. The first kappa shape index (κ1) is 16.0. The molecule has 1 N–H and O–H groups in total. The van der Waals surface area contributed by atoms with Gasteiger partial charge in [0.25, 0.3) is 0 Å². The van der Waals surface area contributed by atoms with Gasteiger partial charge in [-0.25, -0.2) is 9.59 Å². The largest absolute Gasteiger partial charge is 0.465 e. The van der Waals surface area contributed by atoms with Crippen molar-refractivity contribution >= 4 is 27.5 Å². The minimum Gasteiger partial charge on any atom is -0.465 e. The van der Waals surface area contributed by atoms with E-state index in [-0.39, 0.29) is 5.56 Å². The van der Waals surface area contributed by atoms with Crippen molar-refractivity contribution in [1.82, 2.24) is 9.97 Å². The Morgan fingerprint density at radius 3 is 2.38 bits per heavy atom. The minimum atomic E-state index is -0.529. The Labute approximate surface area is 149 Å². The van der Waals surface area contributed by atoms with Crippen molar-refractivity contribution < 1.29 is 9.53 Å². The SMILES string of the molecule is COC(=O)c1c(-c2cc3ccccc3c3ccccc23)nc(=O)[nH]c1C. The van der Waals surface area contributed by atoms with Gasteiger partial charge in [-0.1, -0.05) is 48.5 Å². The van der Waals surface area contributed by atoms with Crippen molar-refractivity contribution in [2.75, 3.05) is 7.11 Å². The second-order valence-corrected chi connectivity index (χ2v) is 6.07. The van der Waals surface area contributed by atoms with Crippen LogP contribution in [0.4, 0.5) is 0 Å². The highest BCUT2D eigenvalue weighted by atomic mass is 16.5. The van der Waals surface area contributed by atoms with Crippen LogP contribution in [0.25, 0.3) is 32.8 Å². The number of hydrogen-bond donors (Lipinski definition) is 1. The molecule has 1 aromatic heterocycles. The molecule has 0 saturated heterocycles. The number of methoxy groups -OCH3 is 1. The zero-order valence-electron chi connectivity index (χ0n) is 14.4. The van der Waals surface area contributed by atoms with Crippen molar-refractivity contribution in [3.63, 3.8) is 0 Å². The first-order chi connectivity index (χ1) is 12.6. The molecule has 5 nitrogen and oxygen atoms in total. The van der Waals surface area contributed by atoms with Gasteiger partial charge in [-0.2, -0.15) is 4.98 Å². The summed E-state index contributed by atoms with van der Waals surface area (Å²) in [6.45, 7) is 1.67. The standard InChI is InChI=1S/C21H16N2O3/c1-12-18(20(24)26-2)19(23-21(25)22-12)17-11-13-7-3-4-8-14(13)15-9-5-6-10-16(15)17/h3-11H,1-2H3,(H,22,23,25). The van der Waals surface area contributed by atoms with Crippen LogP contribution in [0.2, 0.25) is 0 Å². The number of ether oxygens (including phenoxy) is 1. The number of carbonyl (C=O) groups excluding carboxylic acids is 1. The molecule has 0 radical (unpaired) electrons. The summed E-state index contributed by atoms with van der Waals surface area (Å²) < 4.78 is 4.92. The van der Waals surface area contributed by atoms with Crippen LogP contribution in [0.15, 0.2) is 59.4 Å². The van der Waals surface area contributed by atoms with Gasteiger partial charge in [-0.05, 0) is 34.5 Å². The van der Waals surface area contributed by atoms with Gasteiger partial charge in [-0.3, -0.25) is 0 Å². The number of carbonyl (C=O) groups is 1. The number of rotatable bonds is 2. The molecule has 0 atom stereocenters. The average Bonchev–Trinajstić information content (AvgIpc) is 2.66. The third-order valence-electron chi connectivity index (χ3n) is 4.53. The molecule has 4 aromatic rings. The predicted molar refractivity (Wildman–Crippen MR) is 101 cm³/mol. The number of aromatic nitrogens is 2. The monoisotopic (exact) mass is 344 g/mol. The van der Waals surface area contributed by atoms with Gasteiger partial charge in [0, 0.05) is 11.3 Å². The van der Waals surface area contributed by atoms with E-state index < -0.39 is 11.7 Å². The predicted octanol–water partition coefficient (Wildman–Crippen LogP) is 3.84. The molecule has 3 aromatic carbocycles. The number of fused-ring (bicyclic) bond motifs is 3. The average molecular weight is 344 g/mol. The van der Waals surface area contributed by atoms with Crippen LogP contribution in [0, 0.1) is 6.92 Å². The quantitative estimate of drug-likeness (QED) is 0.443. The Balaban J connectivity index is 2.19. The van der Waals surface area contributed by atoms with Gasteiger partial charge in [0.1, 0.15) is 5.56 Å². The van der Waals surface area contributed by atoms with Crippen LogP contribution in [0.1, 0.15) is 16.1 Å². The lowest BCUT2D eigenvalue weighted by molar-refractivity contribution is 0.0599. The zero-order valence-corrected chi connectivity index (χ0v) is 14.4. The van der Waals surface area contributed by atoms with E-state index in [0.29, 0.717) is 11.4 Å². The zero-order chi connectivity index (χ0) is 18.3. The second-order valence-electron chi connectivity index (χ2n) is 6.07. The maximum atomic E-state index is 12.4. The molecule has 26 heavy (non-hydrogen) atoms. The number of aromatic amines is 1. The molecule has 1 heterocycles. The van der Waals surface area contributed by atoms with Gasteiger partial charge >= 0.3 is 11.7 Å². The summed E-state index contributed by atoms with van der Waals surface area (Å²) in [6, 6.07) is 17.9. The third-order valence-corrected chi connectivity index (χ3v) is 4.53. The highest BCUT2D eigenvalue weighted by molar-refractivity contribution is 6.14. The van der Waals surface area contributed by atoms with E-state index >= 15 is 0 Å². The van der Waals surface area contributed by atoms with E-state index in [2.05, 4.69) is 16.0 Å². The molecule has 0 unspecified atom stereocenters. The fraction of sp³-hybridized carbons (Fsp3) is 0.0952. The van der Waals surface area contributed by atoms with Gasteiger partial charge in [0.15, 0.2) is 0 Å². The number of benzene rings is 3. The summed E-state index contributed by atoms with van der Waals surface area (Å²) in [5, 5.41) is 4.08. The van der Waals surface area contributed by atoms with Crippen LogP contribution < -0.4 is 5.69 Å². The lowest BCUT2D eigenvalue weighted by Crippen LogP contribution is -2.19. The van der Waals surface area contributed by atoms with E-state index in [1.165, 1.54) is 7.11 Å². The van der Waals surface area contributed by atoms with Gasteiger partial charge in [0.05, 0.1) is 12.8 Å². The molecule has 128 valence electrons. The number of esters is 1. The number of aryl methyl sites for hydroxylation is 1. The first-order valence-electron chi connectivity index (χ1n) is 8.20. The normalized spacial score (nSPS) is 11.0. The molecule has 5 heteroatoms. The van der Waals surface area contributed by atoms with Crippen LogP contribution in [-0.2, 0) is 4.74 Å². The highest BCUT2D eigenvalue weighted by Gasteiger charge is 2.21. The Bertz CT molecular complexity index is 1230. The number of nitrogens with one attached hydrogen (secondary N) is 1. The molecule has 0 aliphatic carbocycles. The van der Waals surface area contributed by atoms with Crippen molar-refractivity contribution in [2.45, 2.75) is 6.92 Å². The Kier molecular flexibility index (Phi) is 3.77. The van der Waals surface area contributed by atoms with Crippen molar-refractivity contribution in [3.05, 3.63) is 76.3 Å². The molecule has 0 fully saturated rings. The van der Waals surface area contributed by atoms with E-state index in [4.69, 9.17) is 4.74 Å². The van der Waals surface area contributed by atoms with Gasteiger partial charge < -0.3 is 9.72 Å². The Morgan fingerprint density at radius 1 is 1.00 bits per heavy atom. The van der Waals surface area contributed by atoms with Crippen LogP contribution >= 0.6 is 0 Å². The summed E-state index contributed by atoms with van der Waals surface area (Å²) in [7, 11) is 1.31. The smallest absolute Gasteiger partial charge is 0.345 e. The van der Waals surface area contributed by atoms with Crippen LogP contribution in [0.3, 0.4) is 0 Å². The van der Waals surface area contributed by atoms with Crippen LogP contribution in [0.5, 0.6) is 0 Å². The highest BCUT2D eigenvalue weighted by Crippen LogP contribution is 2.35. The van der Waals surface area contributed by atoms with Crippen molar-refractivity contribution in [1.29, 1.82) is 0 Å². The minimum absolute atomic E-state index is 0.271. The summed E-state index contributed by atoms with van der Waals surface area (Å²) >= 11 is 0. The Hall–Kier alpha value is -3.47. The summed E-state index contributed by atoms with van der Waals surface area (Å²) in [5.41, 5.74) is 1.27. The van der Waals surface area contributed by atoms with E-state index in [9.17, 15) is 9.59 Å². The molecular weight excluding hydrogens is 328 g/mol. The van der Waals surface area contributed by atoms with Gasteiger partial charge in [0.2, 0.25) is 0 Å². The molecule has 0 amide bonds. The summed E-state index contributed by atoms with van der Waals surface area (Å²) in [6.07, 6.45) is 0. The molecule has 4 rings (SSSR count). The van der Waals surface area contributed by atoms with Gasteiger partial charge in [-0.15, -0.1) is 0 Å². The summed E-state index contributed by atoms with van der Waals surface area (Å²) in [4.78, 5) is 31.1. The topological polar surface area (TPSA) is 72.0 Å². The molecule has 0 bridgehead atoms. The van der Waals surface area contributed by atoms with Crippen molar-refractivity contribution in [3.8, 4) is 11.3 Å². The maximum absolute atomic E-state index is 12.4. The molecule has 0 aliphatic rings.